The Morgan fingerprint density at radius 1 is 1.21 bits per heavy atom. The van der Waals surface area contributed by atoms with Gasteiger partial charge in [0.1, 0.15) is 22.7 Å². The van der Waals surface area contributed by atoms with E-state index in [9.17, 15) is 4.79 Å². The maximum atomic E-state index is 11.3. The van der Waals surface area contributed by atoms with E-state index in [0.717, 1.165) is 79.7 Å². The molecular formula is C24H34N6O2S. The number of nitrogen functional groups attached to an aromatic ring is 1. The van der Waals surface area contributed by atoms with E-state index in [0.29, 0.717) is 25.5 Å². The number of aromatic nitrogens is 3. The number of carbonyl (C=O) groups excluding carboxylic acids is 1. The van der Waals surface area contributed by atoms with Crippen LogP contribution in [0.25, 0.3) is 21.9 Å². The standard InChI is InChI=1S/C24H34N6O2S/c1-3-4-5-20-27-22-18-16-17(6-7-19(18)26-24(25)23(22)28-20)30-11-9-29(10-12-30)13-15-32-14-8-21(31)33-2/h6-7,16H,3-5,8-15H2,1-2H3,(H2,25,26)(H,27,28). The quantitative estimate of drug-likeness (QED) is 0.435. The highest BCUT2D eigenvalue weighted by Crippen LogP contribution is 2.30. The SMILES string of the molecule is CCCCc1nc2c([nH]1)c(N)nc1ccc(N3CCN(CCOCCC(=O)SC)CC3)cc12. The van der Waals surface area contributed by atoms with Crippen molar-refractivity contribution >= 4 is 50.3 Å². The Balaban J connectivity index is 1.39. The van der Waals surface area contributed by atoms with E-state index in [-0.39, 0.29) is 5.12 Å². The lowest BCUT2D eigenvalue weighted by atomic mass is 10.1. The van der Waals surface area contributed by atoms with Crippen LogP contribution in [0.3, 0.4) is 0 Å². The Labute approximate surface area is 199 Å². The number of nitrogens with zero attached hydrogens (tertiary/aromatic N) is 4. The van der Waals surface area contributed by atoms with E-state index in [1.807, 2.05) is 6.26 Å². The number of unbranched alkanes of at least 4 members (excludes halogenated alkanes) is 1. The number of ether oxygens (including phenoxy) is 1. The first-order chi connectivity index (χ1) is 16.1. The first kappa shape index (κ1) is 23.8. The number of aryl methyl sites for hydroxylation is 1. The number of carbonyl (C=O) groups is 1. The van der Waals surface area contributed by atoms with Crippen LogP contribution in [0.4, 0.5) is 11.5 Å². The van der Waals surface area contributed by atoms with Gasteiger partial charge in [0.05, 0.1) is 18.7 Å². The third-order valence-corrected chi connectivity index (χ3v) is 6.88. The molecule has 178 valence electrons. The average molecular weight is 471 g/mol. The van der Waals surface area contributed by atoms with E-state index < -0.39 is 0 Å². The number of pyridine rings is 1. The van der Waals surface area contributed by atoms with E-state index in [1.54, 1.807) is 0 Å². The highest BCUT2D eigenvalue weighted by Gasteiger charge is 2.19. The second-order valence-corrected chi connectivity index (χ2v) is 9.34. The largest absolute Gasteiger partial charge is 0.382 e. The molecule has 0 radical (unpaired) electrons. The number of nitrogens with two attached hydrogens (primary N) is 1. The molecule has 1 fully saturated rings. The van der Waals surface area contributed by atoms with Crippen LogP contribution < -0.4 is 10.6 Å². The van der Waals surface area contributed by atoms with Gasteiger partial charge in [-0.05, 0) is 30.9 Å². The Morgan fingerprint density at radius 2 is 2.03 bits per heavy atom. The lowest BCUT2D eigenvalue weighted by Gasteiger charge is -2.36. The maximum absolute atomic E-state index is 11.3. The van der Waals surface area contributed by atoms with Crippen LogP contribution in [0.1, 0.15) is 32.0 Å². The number of hydrogen-bond acceptors (Lipinski definition) is 8. The summed E-state index contributed by atoms with van der Waals surface area (Å²) in [6.07, 6.45) is 5.45. The molecule has 0 atom stereocenters. The molecule has 4 rings (SSSR count). The lowest BCUT2D eigenvalue weighted by molar-refractivity contribution is -0.111. The predicted octanol–water partition coefficient (Wildman–Crippen LogP) is 3.45. The summed E-state index contributed by atoms with van der Waals surface area (Å²) in [7, 11) is 0. The zero-order valence-electron chi connectivity index (χ0n) is 19.6. The van der Waals surface area contributed by atoms with Crippen molar-refractivity contribution in [2.75, 3.05) is 62.8 Å². The molecular weight excluding hydrogens is 436 g/mol. The summed E-state index contributed by atoms with van der Waals surface area (Å²) in [4.78, 5) is 29.0. The highest BCUT2D eigenvalue weighted by molar-refractivity contribution is 8.13. The minimum atomic E-state index is 0.182. The molecule has 3 N–H and O–H groups in total. The number of hydrogen-bond donors (Lipinski definition) is 2. The fraction of sp³-hybridized carbons (Fsp3) is 0.542. The molecule has 8 nitrogen and oxygen atoms in total. The van der Waals surface area contributed by atoms with E-state index in [2.05, 4.69) is 44.9 Å². The maximum Gasteiger partial charge on any atom is 0.190 e. The molecule has 0 saturated carbocycles. The van der Waals surface area contributed by atoms with E-state index >= 15 is 0 Å². The second-order valence-electron chi connectivity index (χ2n) is 8.48. The summed E-state index contributed by atoms with van der Waals surface area (Å²) in [6, 6.07) is 6.39. The van der Waals surface area contributed by atoms with E-state index in [1.165, 1.54) is 17.4 Å². The number of H-pyrrole nitrogens is 1. The van der Waals surface area contributed by atoms with Gasteiger partial charge in [-0.15, -0.1) is 0 Å². The van der Waals surface area contributed by atoms with Crippen molar-refractivity contribution in [1.82, 2.24) is 19.9 Å². The Hall–Kier alpha value is -2.36. The average Bonchev–Trinajstić information content (AvgIpc) is 3.28. The zero-order valence-corrected chi connectivity index (χ0v) is 20.4. The highest BCUT2D eigenvalue weighted by atomic mass is 32.2. The zero-order chi connectivity index (χ0) is 23.2. The van der Waals surface area contributed by atoms with Gasteiger partial charge in [0.15, 0.2) is 5.12 Å². The van der Waals surface area contributed by atoms with Gasteiger partial charge in [0.2, 0.25) is 0 Å². The number of thioether (sulfide) groups is 1. The fourth-order valence-electron chi connectivity index (χ4n) is 4.24. The fourth-order valence-corrected chi connectivity index (χ4v) is 4.53. The summed E-state index contributed by atoms with van der Waals surface area (Å²) in [5, 5.41) is 1.23. The Bertz CT molecular complexity index is 1090. The van der Waals surface area contributed by atoms with Crippen LogP contribution in [0.2, 0.25) is 0 Å². The molecule has 1 aliphatic rings. The lowest BCUT2D eigenvalue weighted by Crippen LogP contribution is -2.47. The van der Waals surface area contributed by atoms with Crippen molar-refractivity contribution in [2.45, 2.75) is 32.6 Å². The number of benzene rings is 1. The second kappa shape index (κ2) is 11.2. The smallest absolute Gasteiger partial charge is 0.190 e. The molecule has 33 heavy (non-hydrogen) atoms. The van der Waals surface area contributed by atoms with Crippen LogP contribution in [0.5, 0.6) is 0 Å². The van der Waals surface area contributed by atoms with Gasteiger partial charge in [-0.25, -0.2) is 9.97 Å². The Kier molecular flexibility index (Phi) is 8.06. The molecule has 0 spiro atoms. The first-order valence-corrected chi connectivity index (χ1v) is 13.0. The first-order valence-electron chi connectivity index (χ1n) is 11.8. The van der Waals surface area contributed by atoms with Crippen molar-refractivity contribution in [1.29, 1.82) is 0 Å². The van der Waals surface area contributed by atoms with E-state index in [4.69, 9.17) is 15.5 Å². The third-order valence-electron chi connectivity index (χ3n) is 6.22. The number of rotatable bonds is 10. The molecule has 0 aliphatic carbocycles. The molecule has 3 aromatic rings. The van der Waals surface area contributed by atoms with Gasteiger partial charge >= 0.3 is 0 Å². The summed E-state index contributed by atoms with van der Waals surface area (Å²) in [5.74, 6) is 1.49. The molecule has 1 aliphatic heterocycles. The molecule has 9 heteroatoms. The Morgan fingerprint density at radius 3 is 2.79 bits per heavy atom. The minimum absolute atomic E-state index is 0.182. The normalized spacial score (nSPS) is 15.0. The number of fused-ring (bicyclic) bond motifs is 3. The van der Waals surface area contributed by atoms with Crippen molar-refractivity contribution in [3.05, 3.63) is 24.0 Å². The topological polar surface area (TPSA) is 100 Å². The molecule has 2 aromatic heterocycles. The number of imidazole rings is 1. The van der Waals surface area contributed by atoms with Gasteiger partial charge in [-0.1, -0.05) is 25.1 Å². The van der Waals surface area contributed by atoms with Crippen molar-refractivity contribution in [2.24, 2.45) is 0 Å². The minimum Gasteiger partial charge on any atom is -0.382 e. The number of piperazine rings is 1. The van der Waals surface area contributed by atoms with Crippen LogP contribution in [-0.2, 0) is 16.0 Å². The molecule has 1 saturated heterocycles. The number of nitrogens with one attached hydrogen (secondary N) is 1. The number of anilines is 2. The van der Waals surface area contributed by atoms with Crippen LogP contribution >= 0.6 is 11.8 Å². The van der Waals surface area contributed by atoms with Crippen LogP contribution in [0, 0.1) is 0 Å². The summed E-state index contributed by atoms with van der Waals surface area (Å²) in [6.45, 7) is 8.17. The van der Waals surface area contributed by atoms with Gasteiger partial charge in [-0.2, -0.15) is 0 Å². The summed E-state index contributed by atoms with van der Waals surface area (Å²) in [5.41, 5.74) is 10.1. The monoisotopic (exact) mass is 470 g/mol. The third kappa shape index (κ3) is 5.77. The van der Waals surface area contributed by atoms with Crippen molar-refractivity contribution in [3.63, 3.8) is 0 Å². The van der Waals surface area contributed by atoms with Crippen LogP contribution in [0.15, 0.2) is 18.2 Å². The van der Waals surface area contributed by atoms with Crippen molar-refractivity contribution < 1.29 is 9.53 Å². The molecule has 1 aromatic carbocycles. The molecule has 0 bridgehead atoms. The van der Waals surface area contributed by atoms with Crippen molar-refractivity contribution in [3.8, 4) is 0 Å². The summed E-state index contributed by atoms with van der Waals surface area (Å²) >= 11 is 1.26. The van der Waals surface area contributed by atoms with Gasteiger partial charge in [0.25, 0.3) is 0 Å². The van der Waals surface area contributed by atoms with Gasteiger partial charge < -0.3 is 20.4 Å². The predicted molar refractivity (Wildman–Crippen MR) is 137 cm³/mol. The van der Waals surface area contributed by atoms with Gasteiger partial charge in [-0.3, -0.25) is 9.69 Å². The number of aromatic amines is 1. The van der Waals surface area contributed by atoms with Crippen LogP contribution in [-0.4, -0.2) is 77.2 Å². The molecule has 0 amide bonds. The van der Waals surface area contributed by atoms with Gasteiger partial charge in [0, 0.05) is 56.6 Å². The molecule has 0 unspecified atom stereocenters. The summed E-state index contributed by atoms with van der Waals surface area (Å²) < 4.78 is 5.63. The molecule has 3 heterocycles.